The smallest absolute Gasteiger partial charge is 0.170 e. The van der Waals surface area contributed by atoms with E-state index in [1.165, 1.54) is 0 Å². The normalized spacial score (nSPS) is 15.4. The highest BCUT2D eigenvalue weighted by atomic mass is 32.1. The van der Waals surface area contributed by atoms with Crippen molar-refractivity contribution in [1.29, 1.82) is 0 Å². The first-order chi connectivity index (χ1) is 12.6. The van der Waals surface area contributed by atoms with E-state index in [4.69, 9.17) is 17.0 Å². The third-order valence-corrected chi connectivity index (χ3v) is 4.75. The van der Waals surface area contributed by atoms with E-state index in [1.807, 2.05) is 55.5 Å². The Balaban J connectivity index is 1.50. The van der Waals surface area contributed by atoms with Crippen LogP contribution in [-0.4, -0.2) is 43.1 Å². The van der Waals surface area contributed by atoms with Crippen LogP contribution in [0.15, 0.2) is 48.5 Å². The molecule has 6 heteroatoms. The maximum Gasteiger partial charge on any atom is 0.170 e. The van der Waals surface area contributed by atoms with Crippen molar-refractivity contribution in [3.8, 4) is 0 Å². The number of hydrogen-bond acceptors (Lipinski definition) is 4. The maximum atomic E-state index is 10.4. The molecule has 0 saturated carbocycles. The molecule has 0 aliphatic carbocycles. The van der Waals surface area contributed by atoms with Gasteiger partial charge in [0.25, 0.3) is 0 Å². The number of benzene rings is 2. The van der Waals surface area contributed by atoms with Crippen LogP contribution in [0.25, 0.3) is 0 Å². The Morgan fingerprint density at radius 2 is 1.85 bits per heavy atom. The molecule has 0 bridgehead atoms. The molecule has 26 heavy (non-hydrogen) atoms. The van der Waals surface area contributed by atoms with Gasteiger partial charge in [0, 0.05) is 31.0 Å². The lowest BCUT2D eigenvalue weighted by Gasteiger charge is -2.29. The van der Waals surface area contributed by atoms with Gasteiger partial charge in [-0.25, -0.2) is 0 Å². The fraction of sp³-hybridized carbons (Fsp3) is 0.350. The Morgan fingerprint density at radius 3 is 2.54 bits per heavy atom. The van der Waals surface area contributed by atoms with Crippen LogP contribution < -0.4 is 15.5 Å². The van der Waals surface area contributed by atoms with Gasteiger partial charge in [0.1, 0.15) is 0 Å². The van der Waals surface area contributed by atoms with E-state index in [0.29, 0.717) is 11.7 Å². The van der Waals surface area contributed by atoms with Gasteiger partial charge in [-0.3, -0.25) is 0 Å². The molecular weight excluding hydrogens is 346 g/mol. The number of rotatable bonds is 5. The summed E-state index contributed by atoms with van der Waals surface area (Å²) in [6, 6.07) is 16.0. The fourth-order valence-corrected chi connectivity index (χ4v) is 3.11. The zero-order valence-electron chi connectivity index (χ0n) is 14.9. The highest BCUT2D eigenvalue weighted by Crippen LogP contribution is 2.20. The molecule has 1 atom stereocenters. The van der Waals surface area contributed by atoms with Gasteiger partial charge in [0.15, 0.2) is 5.11 Å². The molecule has 2 aromatic carbocycles. The third kappa shape index (κ3) is 4.94. The summed E-state index contributed by atoms with van der Waals surface area (Å²) in [5.74, 6) is 0. The van der Waals surface area contributed by atoms with Gasteiger partial charge in [-0.2, -0.15) is 0 Å². The van der Waals surface area contributed by atoms with Crippen LogP contribution in [-0.2, 0) is 4.74 Å². The third-order valence-electron chi connectivity index (χ3n) is 4.50. The number of anilines is 2. The van der Waals surface area contributed by atoms with E-state index in [1.54, 1.807) is 0 Å². The van der Waals surface area contributed by atoms with Gasteiger partial charge in [0.05, 0.1) is 19.3 Å². The second kappa shape index (κ2) is 8.98. The van der Waals surface area contributed by atoms with Gasteiger partial charge in [-0.15, -0.1) is 0 Å². The van der Waals surface area contributed by atoms with E-state index >= 15 is 0 Å². The highest BCUT2D eigenvalue weighted by molar-refractivity contribution is 7.80. The number of ether oxygens (including phenoxy) is 1. The first kappa shape index (κ1) is 18.6. The second-order valence-corrected chi connectivity index (χ2v) is 6.76. The Labute approximate surface area is 160 Å². The van der Waals surface area contributed by atoms with Crippen molar-refractivity contribution in [2.75, 3.05) is 43.1 Å². The van der Waals surface area contributed by atoms with E-state index in [2.05, 4.69) is 15.5 Å². The van der Waals surface area contributed by atoms with Crippen molar-refractivity contribution in [3.63, 3.8) is 0 Å². The zero-order chi connectivity index (χ0) is 18.4. The van der Waals surface area contributed by atoms with Crippen LogP contribution in [0.4, 0.5) is 11.4 Å². The van der Waals surface area contributed by atoms with Gasteiger partial charge in [0.2, 0.25) is 0 Å². The molecule has 1 heterocycles. The van der Waals surface area contributed by atoms with E-state index in [-0.39, 0.29) is 0 Å². The fourth-order valence-electron chi connectivity index (χ4n) is 2.92. The molecule has 0 spiro atoms. The van der Waals surface area contributed by atoms with Crippen LogP contribution >= 0.6 is 12.2 Å². The molecule has 0 amide bonds. The summed E-state index contributed by atoms with van der Waals surface area (Å²) in [6.07, 6.45) is -0.620. The Kier molecular flexibility index (Phi) is 6.44. The van der Waals surface area contributed by atoms with Gasteiger partial charge in [-0.1, -0.05) is 30.3 Å². The van der Waals surface area contributed by atoms with Crippen molar-refractivity contribution in [2.24, 2.45) is 0 Å². The number of para-hydroxylation sites is 1. The van der Waals surface area contributed by atoms with Crippen LogP contribution in [0.5, 0.6) is 0 Å². The van der Waals surface area contributed by atoms with Crippen molar-refractivity contribution in [3.05, 3.63) is 59.7 Å². The summed E-state index contributed by atoms with van der Waals surface area (Å²) < 4.78 is 5.38. The van der Waals surface area contributed by atoms with Crippen LogP contribution in [0, 0.1) is 6.92 Å². The van der Waals surface area contributed by atoms with Crippen molar-refractivity contribution < 1.29 is 9.84 Å². The summed E-state index contributed by atoms with van der Waals surface area (Å²) in [6.45, 7) is 5.72. The molecule has 5 nitrogen and oxygen atoms in total. The van der Waals surface area contributed by atoms with Crippen LogP contribution in [0.3, 0.4) is 0 Å². The van der Waals surface area contributed by atoms with Crippen LogP contribution in [0.2, 0.25) is 0 Å². The Hall–Kier alpha value is -2.15. The maximum absolute atomic E-state index is 10.4. The lowest BCUT2D eigenvalue weighted by Crippen LogP contribution is -2.36. The predicted molar refractivity (Wildman–Crippen MR) is 110 cm³/mol. The number of aliphatic hydroxyl groups excluding tert-OH is 1. The van der Waals surface area contributed by atoms with E-state index in [9.17, 15) is 5.11 Å². The monoisotopic (exact) mass is 371 g/mol. The molecule has 1 aliphatic rings. The van der Waals surface area contributed by atoms with Gasteiger partial charge in [-0.05, 0) is 48.5 Å². The molecule has 1 fully saturated rings. The standard InChI is InChI=1S/C20H25N3O2S/c1-15-4-2-3-5-18(15)22-20(26)21-14-19(24)16-6-8-17(9-7-16)23-10-12-25-13-11-23/h2-9,19,24H,10-14H2,1H3,(H2,21,22,26). The van der Waals surface area contributed by atoms with E-state index < -0.39 is 6.10 Å². The summed E-state index contributed by atoms with van der Waals surface area (Å²) in [5.41, 5.74) is 4.12. The number of nitrogens with zero attached hydrogens (tertiary/aromatic N) is 1. The van der Waals surface area contributed by atoms with Gasteiger partial charge >= 0.3 is 0 Å². The highest BCUT2D eigenvalue weighted by Gasteiger charge is 2.13. The lowest BCUT2D eigenvalue weighted by molar-refractivity contribution is 0.122. The topological polar surface area (TPSA) is 56.8 Å². The average molecular weight is 372 g/mol. The molecular formula is C20H25N3O2S. The molecule has 2 aromatic rings. The number of morpholine rings is 1. The Bertz CT molecular complexity index is 730. The molecule has 138 valence electrons. The minimum Gasteiger partial charge on any atom is -0.387 e. The summed E-state index contributed by atoms with van der Waals surface area (Å²) in [4.78, 5) is 2.29. The summed E-state index contributed by atoms with van der Waals surface area (Å²) in [7, 11) is 0. The van der Waals surface area contributed by atoms with Crippen molar-refractivity contribution in [1.82, 2.24) is 5.32 Å². The number of nitrogens with one attached hydrogen (secondary N) is 2. The summed E-state index contributed by atoms with van der Waals surface area (Å²) >= 11 is 5.32. The minimum absolute atomic E-state index is 0.356. The van der Waals surface area contributed by atoms with Crippen molar-refractivity contribution in [2.45, 2.75) is 13.0 Å². The lowest BCUT2D eigenvalue weighted by atomic mass is 10.1. The molecule has 3 rings (SSSR count). The minimum atomic E-state index is -0.620. The van der Waals surface area contributed by atoms with Gasteiger partial charge < -0.3 is 25.4 Å². The number of aliphatic hydroxyl groups is 1. The zero-order valence-corrected chi connectivity index (χ0v) is 15.8. The second-order valence-electron chi connectivity index (χ2n) is 6.36. The van der Waals surface area contributed by atoms with E-state index in [0.717, 1.165) is 48.8 Å². The number of aryl methyl sites for hydroxylation is 1. The van der Waals surface area contributed by atoms with Crippen LogP contribution in [0.1, 0.15) is 17.2 Å². The summed E-state index contributed by atoms with van der Waals surface area (Å²) in [5, 5.41) is 17.1. The largest absolute Gasteiger partial charge is 0.387 e. The average Bonchev–Trinajstić information content (AvgIpc) is 2.69. The molecule has 0 aromatic heterocycles. The molecule has 1 saturated heterocycles. The quantitative estimate of drug-likeness (QED) is 0.703. The number of thiocarbonyl (C=S) groups is 1. The predicted octanol–water partition coefficient (Wildman–Crippen LogP) is 2.85. The molecule has 1 aliphatic heterocycles. The molecule has 3 N–H and O–H groups in total. The first-order valence-corrected chi connectivity index (χ1v) is 9.25. The Morgan fingerprint density at radius 1 is 1.15 bits per heavy atom. The number of hydrogen-bond donors (Lipinski definition) is 3. The molecule has 0 radical (unpaired) electrons. The first-order valence-electron chi connectivity index (χ1n) is 8.84. The van der Waals surface area contributed by atoms with Crippen molar-refractivity contribution >= 4 is 28.7 Å². The SMILES string of the molecule is Cc1ccccc1NC(=S)NCC(O)c1ccc(N2CCOCC2)cc1. The molecule has 1 unspecified atom stereocenters.